The molecule has 0 saturated carbocycles. The minimum Gasteiger partial charge on any atom is -0.376 e. The first-order valence-corrected chi connectivity index (χ1v) is 8.02. The molecule has 0 spiro atoms. The molecule has 0 N–H and O–H groups in total. The number of hydrogen-bond acceptors (Lipinski definition) is 5. The van der Waals surface area contributed by atoms with Crippen molar-refractivity contribution in [3.63, 3.8) is 0 Å². The Bertz CT molecular complexity index is 632. The lowest BCUT2D eigenvalue weighted by Gasteiger charge is -2.27. The molecule has 2 aromatic heterocycles. The van der Waals surface area contributed by atoms with Gasteiger partial charge in [0.1, 0.15) is 6.33 Å². The van der Waals surface area contributed by atoms with Gasteiger partial charge in [-0.05, 0) is 30.9 Å². The van der Waals surface area contributed by atoms with E-state index < -0.39 is 0 Å². The van der Waals surface area contributed by atoms with E-state index >= 15 is 0 Å². The van der Waals surface area contributed by atoms with Gasteiger partial charge >= 0.3 is 0 Å². The molecule has 3 heterocycles. The van der Waals surface area contributed by atoms with Crippen molar-refractivity contribution in [3.8, 4) is 0 Å². The lowest BCUT2D eigenvalue weighted by molar-refractivity contribution is 0.115. The first-order chi connectivity index (χ1) is 11.3. The summed E-state index contributed by atoms with van der Waals surface area (Å²) in [5, 5.41) is 0. The van der Waals surface area contributed by atoms with Crippen molar-refractivity contribution >= 4 is 5.82 Å². The summed E-state index contributed by atoms with van der Waals surface area (Å²) in [4.78, 5) is 14.3. The van der Waals surface area contributed by atoms with Gasteiger partial charge in [0.05, 0.1) is 11.8 Å². The fourth-order valence-electron chi connectivity index (χ4n) is 2.83. The van der Waals surface area contributed by atoms with Crippen molar-refractivity contribution < 1.29 is 9.13 Å². The number of aromatic nitrogens is 3. The Morgan fingerprint density at radius 1 is 1.39 bits per heavy atom. The quantitative estimate of drug-likeness (QED) is 0.820. The van der Waals surface area contributed by atoms with Crippen molar-refractivity contribution in [2.75, 3.05) is 18.1 Å². The minimum absolute atomic E-state index is 0.117. The molecule has 1 fully saturated rings. The predicted octanol–water partition coefficient (Wildman–Crippen LogP) is 2.76. The highest BCUT2D eigenvalue weighted by atomic mass is 19.1. The lowest BCUT2D eigenvalue weighted by atomic mass is 10.2. The Morgan fingerprint density at radius 2 is 2.30 bits per heavy atom. The fraction of sp³-hybridized carbons (Fsp3) is 0.471. The van der Waals surface area contributed by atoms with Gasteiger partial charge in [0, 0.05) is 32.1 Å². The van der Waals surface area contributed by atoms with E-state index in [1.54, 1.807) is 12.4 Å². The number of pyridine rings is 1. The molecule has 1 aliphatic heterocycles. The first-order valence-electron chi connectivity index (χ1n) is 8.02. The van der Waals surface area contributed by atoms with Gasteiger partial charge in [-0.1, -0.05) is 13.0 Å². The van der Waals surface area contributed by atoms with E-state index in [0.717, 1.165) is 25.0 Å². The van der Waals surface area contributed by atoms with Gasteiger partial charge in [-0.2, -0.15) is 0 Å². The third kappa shape index (κ3) is 3.82. The number of ether oxygens (including phenoxy) is 1. The highest BCUT2D eigenvalue weighted by molar-refractivity contribution is 5.42. The van der Waals surface area contributed by atoms with E-state index in [0.29, 0.717) is 31.0 Å². The van der Waals surface area contributed by atoms with Crippen LogP contribution in [0.3, 0.4) is 0 Å². The molecule has 0 bridgehead atoms. The van der Waals surface area contributed by atoms with Gasteiger partial charge in [-0.25, -0.2) is 14.4 Å². The van der Waals surface area contributed by atoms with E-state index in [-0.39, 0.29) is 11.9 Å². The van der Waals surface area contributed by atoms with Crippen LogP contribution in [0.5, 0.6) is 0 Å². The number of hydrogen-bond donors (Lipinski definition) is 0. The summed E-state index contributed by atoms with van der Waals surface area (Å²) in [5.74, 6) is 0.00749. The summed E-state index contributed by atoms with van der Waals surface area (Å²) in [6.45, 7) is 3.83. The highest BCUT2D eigenvalue weighted by Crippen LogP contribution is 2.23. The van der Waals surface area contributed by atoms with Gasteiger partial charge in [0.15, 0.2) is 11.6 Å². The van der Waals surface area contributed by atoms with Gasteiger partial charge in [0.2, 0.25) is 0 Å². The predicted molar refractivity (Wildman–Crippen MR) is 85.6 cm³/mol. The first kappa shape index (κ1) is 15.8. The largest absolute Gasteiger partial charge is 0.376 e. The summed E-state index contributed by atoms with van der Waals surface area (Å²) in [7, 11) is 0. The molecule has 1 atom stereocenters. The van der Waals surface area contributed by atoms with Crippen molar-refractivity contribution in [3.05, 3.63) is 47.9 Å². The molecule has 3 rings (SSSR count). The standard InChI is InChI=1S/C17H21FN4O/c1-2-15-16(18)17(21-12-20-15)22(11-14-6-4-8-23-14)10-13-5-3-7-19-9-13/h3,5,7,9,12,14H,2,4,6,8,10-11H2,1H3. The molecule has 0 aromatic carbocycles. The summed E-state index contributed by atoms with van der Waals surface area (Å²) in [5.41, 5.74) is 1.46. The van der Waals surface area contributed by atoms with Gasteiger partial charge in [-0.3, -0.25) is 4.98 Å². The number of anilines is 1. The van der Waals surface area contributed by atoms with Gasteiger partial charge in [0.25, 0.3) is 0 Å². The average Bonchev–Trinajstić information content (AvgIpc) is 3.08. The fourth-order valence-corrected chi connectivity index (χ4v) is 2.83. The van der Waals surface area contributed by atoms with Crippen LogP contribution in [0.25, 0.3) is 0 Å². The number of nitrogens with zero attached hydrogens (tertiary/aromatic N) is 4. The van der Waals surface area contributed by atoms with Crippen molar-refractivity contribution in [2.24, 2.45) is 0 Å². The lowest BCUT2D eigenvalue weighted by Crippen LogP contribution is -2.33. The van der Waals surface area contributed by atoms with Crippen molar-refractivity contribution in [1.82, 2.24) is 15.0 Å². The molecule has 0 amide bonds. The normalized spacial score (nSPS) is 17.4. The monoisotopic (exact) mass is 316 g/mol. The minimum atomic E-state index is -0.336. The van der Waals surface area contributed by atoms with Crippen LogP contribution >= 0.6 is 0 Å². The van der Waals surface area contributed by atoms with E-state index in [1.807, 2.05) is 24.0 Å². The van der Waals surface area contributed by atoms with E-state index in [4.69, 9.17) is 4.74 Å². The van der Waals surface area contributed by atoms with Gasteiger partial charge < -0.3 is 9.64 Å². The maximum Gasteiger partial charge on any atom is 0.187 e. The van der Waals surface area contributed by atoms with Crippen LogP contribution in [-0.4, -0.2) is 34.2 Å². The molecule has 0 radical (unpaired) electrons. The molecule has 2 aromatic rings. The molecule has 1 aliphatic rings. The van der Waals surface area contributed by atoms with Crippen LogP contribution in [0.15, 0.2) is 30.9 Å². The molecule has 5 nitrogen and oxygen atoms in total. The van der Waals surface area contributed by atoms with Crippen molar-refractivity contribution in [1.29, 1.82) is 0 Å². The maximum absolute atomic E-state index is 14.7. The smallest absolute Gasteiger partial charge is 0.187 e. The van der Waals surface area contributed by atoms with Crippen LogP contribution in [0.4, 0.5) is 10.2 Å². The summed E-state index contributed by atoms with van der Waals surface area (Å²) < 4.78 is 20.4. The van der Waals surface area contributed by atoms with Crippen LogP contribution in [0.2, 0.25) is 0 Å². The second-order valence-corrected chi connectivity index (χ2v) is 5.69. The SMILES string of the molecule is CCc1ncnc(N(Cc2cccnc2)CC2CCCO2)c1F. The molecule has 1 unspecified atom stereocenters. The second kappa shape index (κ2) is 7.46. The van der Waals surface area contributed by atoms with Crippen LogP contribution in [-0.2, 0) is 17.7 Å². The third-order valence-electron chi connectivity index (χ3n) is 4.02. The molecular weight excluding hydrogens is 295 g/mol. The molecule has 23 heavy (non-hydrogen) atoms. The Kier molecular flexibility index (Phi) is 5.12. The van der Waals surface area contributed by atoms with E-state index in [1.165, 1.54) is 6.33 Å². The zero-order chi connectivity index (χ0) is 16.1. The molecule has 1 saturated heterocycles. The van der Waals surface area contributed by atoms with Crippen LogP contribution < -0.4 is 4.90 Å². The molecule has 6 heteroatoms. The number of aryl methyl sites for hydroxylation is 1. The van der Waals surface area contributed by atoms with E-state index in [2.05, 4.69) is 15.0 Å². The summed E-state index contributed by atoms with van der Waals surface area (Å²) >= 11 is 0. The maximum atomic E-state index is 14.7. The summed E-state index contributed by atoms with van der Waals surface area (Å²) in [6.07, 6.45) is 7.67. The summed E-state index contributed by atoms with van der Waals surface area (Å²) in [6, 6.07) is 3.86. The zero-order valence-electron chi connectivity index (χ0n) is 13.3. The Morgan fingerprint density at radius 3 is 3.00 bits per heavy atom. The number of rotatable bonds is 6. The Balaban J connectivity index is 1.87. The number of halogens is 1. The van der Waals surface area contributed by atoms with Crippen LogP contribution in [0.1, 0.15) is 31.0 Å². The molecule has 122 valence electrons. The van der Waals surface area contributed by atoms with Crippen LogP contribution in [0, 0.1) is 5.82 Å². The Labute approximate surface area is 135 Å². The topological polar surface area (TPSA) is 51.1 Å². The second-order valence-electron chi connectivity index (χ2n) is 5.69. The van der Waals surface area contributed by atoms with Crippen molar-refractivity contribution in [2.45, 2.75) is 38.8 Å². The Hall–Kier alpha value is -2.08. The van der Waals surface area contributed by atoms with E-state index in [9.17, 15) is 4.39 Å². The average molecular weight is 316 g/mol. The molecule has 0 aliphatic carbocycles. The van der Waals surface area contributed by atoms with Gasteiger partial charge in [-0.15, -0.1) is 0 Å². The molecular formula is C17H21FN4O. The highest BCUT2D eigenvalue weighted by Gasteiger charge is 2.23. The third-order valence-corrected chi connectivity index (χ3v) is 4.02. The zero-order valence-corrected chi connectivity index (χ0v) is 13.3.